The van der Waals surface area contributed by atoms with Crippen LogP contribution in [-0.2, 0) is 6.54 Å². The molecule has 2 aromatic heterocycles. The van der Waals surface area contributed by atoms with Gasteiger partial charge in [0.25, 0.3) is 5.91 Å². The van der Waals surface area contributed by atoms with Gasteiger partial charge in [-0.3, -0.25) is 4.79 Å². The lowest BCUT2D eigenvalue weighted by atomic mass is 10.2. The van der Waals surface area contributed by atoms with Crippen molar-refractivity contribution in [3.05, 3.63) is 47.3 Å². The van der Waals surface area contributed by atoms with Gasteiger partial charge in [-0.1, -0.05) is 11.6 Å². The van der Waals surface area contributed by atoms with Gasteiger partial charge in [-0.2, -0.15) is 0 Å². The number of hydrogen-bond donors (Lipinski definition) is 2. The normalized spacial score (nSPS) is 10.1. The molecule has 6 nitrogen and oxygen atoms in total. The first-order valence-corrected chi connectivity index (χ1v) is 5.48. The molecule has 92 valence electrons. The predicted octanol–water partition coefficient (Wildman–Crippen LogP) is 1.04. The van der Waals surface area contributed by atoms with Gasteiger partial charge in [0.05, 0.1) is 29.7 Å². The number of nitrogens with zero attached hydrogens (tertiary/aromatic N) is 3. The van der Waals surface area contributed by atoms with Crippen LogP contribution in [0.5, 0.6) is 0 Å². The second kappa shape index (κ2) is 5.42. The molecule has 2 rings (SSSR count). The van der Waals surface area contributed by atoms with Crippen LogP contribution in [0.4, 0.5) is 5.69 Å². The number of amides is 1. The average Bonchev–Trinajstić information content (AvgIpc) is 2.40. The molecule has 2 heterocycles. The van der Waals surface area contributed by atoms with Crippen molar-refractivity contribution in [1.82, 2.24) is 20.3 Å². The molecule has 0 aliphatic carbocycles. The Morgan fingerprint density at radius 2 is 2.28 bits per heavy atom. The summed E-state index contributed by atoms with van der Waals surface area (Å²) < 4.78 is 0. The maximum Gasteiger partial charge on any atom is 0.253 e. The van der Waals surface area contributed by atoms with Crippen LogP contribution in [0.25, 0.3) is 0 Å². The van der Waals surface area contributed by atoms with Crippen LogP contribution in [0.15, 0.2) is 30.9 Å². The molecule has 0 fully saturated rings. The van der Waals surface area contributed by atoms with Crippen molar-refractivity contribution in [2.45, 2.75) is 6.54 Å². The van der Waals surface area contributed by atoms with Crippen molar-refractivity contribution < 1.29 is 4.79 Å². The van der Waals surface area contributed by atoms with Crippen molar-refractivity contribution in [3.63, 3.8) is 0 Å². The van der Waals surface area contributed by atoms with Gasteiger partial charge < -0.3 is 11.1 Å². The summed E-state index contributed by atoms with van der Waals surface area (Å²) in [5.41, 5.74) is 6.93. The highest BCUT2D eigenvalue weighted by Gasteiger charge is 2.10. The van der Waals surface area contributed by atoms with E-state index >= 15 is 0 Å². The molecule has 0 bridgehead atoms. The molecule has 0 unspecified atom stereocenters. The van der Waals surface area contributed by atoms with Gasteiger partial charge in [-0.15, -0.1) is 0 Å². The molecule has 0 aromatic carbocycles. The number of hydrogen-bond acceptors (Lipinski definition) is 5. The van der Waals surface area contributed by atoms with E-state index in [-0.39, 0.29) is 16.7 Å². The fourth-order valence-corrected chi connectivity index (χ4v) is 1.48. The molecule has 18 heavy (non-hydrogen) atoms. The lowest BCUT2D eigenvalue weighted by molar-refractivity contribution is 0.0951. The van der Waals surface area contributed by atoms with E-state index in [1.54, 1.807) is 12.3 Å². The number of nitrogens with one attached hydrogen (secondary N) is 1. The van der Waals surface area contributed by atoms with E-state index in [1.165, 1.54) is 18.6 Å². The van der Waals surface area contributed by atoms with Gasteiger partial charge in [0.2, 0.25) is 0 Å². The summed E-state index contributed by atoms with van der Waals surface area (Å²) in [7, 11) is 0. The topological polar surface area (TPSA) is 93.8 Å². The van der Waals surface area contributed by atoms with Gasteiger partial charge in [0, 0.05) is 6.20 Å². The van der Waals surface area contributed by atoms with Crippen LogP contribution in [0.1, 0.15) is 16.1 Å². The number of nitrogen functional groups attached to an aromatic ring is 1. The third-order valence-electron chi connectivity index (χ3n) is 2.22. The number of carbonyl (C=O) groups is 1. The Balaban J connectivity index is 2.06. The van der Waals surface area contributed by atoms with E-state index in [0.717, 1.165) is 0 Å². The van der Waals surface area contributed by atoms with E-state index < -0.39 is 0 Å². The highest BCUT2D eigenvalue weighted by molar-refractivity contribution is 6.29. The van der Waals surface area contributed by atoms with Crippen molar-refractivity contribution in [2.24, 2.45) is 0 Å². The fourth-order valence-electron chi connectivity index (χ4n) is 1.33. The van der Waals surface area contributed by atoms with Crippen molar-refractivity contribution in [2.75, 3.05) is 5.73 Å². The summed E-state index contributed by atoms with van der Waals surface area (Å²) in [5, 5.41) is 2.91. The highest BCUT2D eigenvalue weighted by atomic mass is 35.5. The number of nitrogens with two attached hydrogens (primary N) is 1. The molecular formula is C11H10ClN5O. The molecule has 7 heteroatoms. The van der Waals surface area contributed by atoms with Gasteiger partial charge in [0.1, 0.15) is 11.5 Å². The van der Waals surface area contributed by atoms with Crippen LogP contribution < -0.4 is 11.1 Å². The molecule has 0 spiro atoms. The zero-order valence-electron chi connectivity index (χ0n) is 9.30. The lowest BCUT2D eigenvalue weighted by Gasteiger charge is -2.06. The maximum absolute atomic E-state index is 11.9. The molecule has 0 aliphatic rings. The number of carbonyl (C=O) groups excluding carboxylic acids is 1. The summed E-state index contributed by atoms with van der Waals surface area (Å²) in [6.07, 6.45) is 4.37. The first kappa shape index (κ1) is 12.3. The van der Waals surface area contributed by atoms with Gasteiger partial charge in [0.15, 0.2) is 0 Å². The smallest absolute Gasteiger partial charge is 0.253 e. The molecule has 0 saturated carbocycles. The van der Waals surface area contributed by atoms with E-state index in [4.69, 9.17) is 17.3 Å². The van der Waals surface area contributed by atoms with Crippen LogP contribution in [-0.4, -0.2) is 20.9 Å². The molecule has 0 radical (unpaired) electrons. The van der Waals surface area contributed by atoms with Crippen LogP contribution in [0.2, 0.25) is 5.15 Å². The van der Waals surface area contributed by atoms with Gasteiger partial charge in [-0.05, 0) is 12.1 Å². The monoisotopic (exact) mass is 263 g/mol. The number of halogens is 1. The largest absolute Gasteiger partial charge is 0.397 e. The van der Waals surface area contributed by atoms with Crippen molar-refractivity contribution in [1.29, 1.82) is 0 Å². The molecule has 2 aromatic rings. The van der Waals surface area contributed by atoms with Crippen LogP contribution >= 0.6 is 11.6 Å². The molecule has 1 amide bonds. The minimum atomic E-state index is -0.324. The summed E-state index contributed by atoms with van der Waals surface area (Å²) in [6, 6.07) is 3.13. The Bertz CT molecular complexity index is 561. The van der Waals surface area contributed by atoms with E-state index in [9.17, 15) is 4.79 Å². The Kier molecular flexibility index (Phi) is 3.69. The Hall–Kier alpha value is -2.21. The SMILES string of the molecule is Nc1cnc(Cl)cc1C(=O)NCc1ccncn1. The summed E-state index contributed by atoms with van der Waals surface area (Å²) in [6.45, 7) is 0.292. The Morgan fingerprint density at radius 3 is 3.00 bits per heavy atom. The van der Waals surface area contributed by atoms with Gasteiger partial charge >= 0.3 is 0 Å². The van der Waals surface area contributed by atoms with Crippen molar-refractivity contribution >= 4 is 23.2 Å². The zero-order chi connectivity index (χ0) is 13.0. The molecular weight excluding hydrogens is 254 g/mol. The zero-order valence-corrected chi connectivity index (χ0v) is 10.1. The highest BCUT2D eigenvalue weighted by Crippen LogP contribution is 2.14. The third-order valence-corrected chi connectivity index (χ3v) is 2.43. The van der Waals surface area contributed by atoms with Crippen LogP contribution in [0, 0.1) is 0 Å². The summed E-state index contributed by atoms with van der Waals surface area (Å²) in [4.78, 5) is 23.4. The number of anilines is 1. The quantitative estimate of drug-likeness (QED) is 0.807. The van der Waals surface area contributed by atoms with Gasteiger partial charge in [-0.25, -0.2) is 15.0 Å². The van der Waals surface area contributed by atoms with Crippen LogP contribution in [0.3, 0.4) is 0 Å². The first-order chi connectivity index (χ1) is 8.66. The van der Waals surface area contributed by atoms with E-state index in [2.05, 4.69) is 20.3 Å². The molecule has 0 aliphatic heterocycles. The van der Waals surface area contributed by atoms with E-state index in [0.29, 0.717) is 17.8 Å². The number of rotatable bonds is 3. The minimum absolute atomic E-state index is 0.219. The molecule has 0 saturated heterocycles. The maximum atomic E-state index is 11.9. The standard InChI is InChI=1S/C11H10ClN5O/c12-10-3-8(9(13)5-15-10)11(18)16-4-7-1-2-14-6-17-7/h1-3,5-6H,4,13H2,(H,16,18). The minimum Gasteiger partial charge on any atom is -0.397 e. The third kappa shape index (κ3) is 2.92. The second-order valence-corrected chi connectivity index (χ2v) is 3.86. The van der Waals surface area contributed by atoms with E-state index in [1.807, 2.05) is 0 Å². The molecule has 0 atom stereocenters. The summed E-state index contributed by atoms with van der Waals surface area (Å²) in [5.74, 6) is -0.324. The number of aromatic nitrogens is 3. The fraction of sp³-hybridized carbons (Fsp3) is 0.0909. The summed E-state index contributed by atoms with van der Waals surface area (Å²) >= 11 is 5.71. The molecule has 3 N–H and O–H groups in total. The average molecular weight is 264 g/mol. The Morgan fingerprint density at radius 1 is 1.44 bits per heavy atom. The second-order valence-electron chi connectivity index (χ2n) is 3.48. The van der Waals surface area contributed by atoms with Crippen molar-refractivity contribution in [3.8, 4) is 0 Å². The number of pyridine rings is 1. The lowest BCUT2D eigenvalue weighted by Crippen LogP contribution is -2.24. The predicted molar refractivity (Wildman–Crippen MR) is 66.9 cm³/mol. The first-order valence-electron chi connectivity index (χ1n) is 5.11. The Labute approximate surface area is 108 Å².